The maximum Gasteiger partial charge on any atom is 0.261 e. The molecule has 4 rings (SSSR count). The van der Waals surface area contributed by atoms with Gasteiger partial charge in [-0.2, -0.15) is 0 Å². The lowest BCUT2D eigenvalue weighted by atomic mass is 10.0. The monoisotopic (exact) mass is 352 g/mol. The standard InChI is InChI=1S/C20H20N2O2S/c1-22-9-8-13-10-14(6-7-16(13)22)17(23)12-21-20(24)19-11-15-4-2-3-5-18(15)25-19/h2-7,10-11,17,23H,8-9,12H2,1H3,(H,21,24). The number of fused-ring (bicyclic) bond motifs is 2. The summed E-state index contributed by atoms with van der Waals surface area (Å²) in [5, 5.41) is 14.3. The Morgan fingerprint density at radius 1 is 1.28 bits per heavy atom. The quantitative estimate of drug-likeness (QED) is 0.757. The number of carbonyl (C=O) groups is 1. The third-order valence-corrected chi connectivity index (χ3v) is 5.84. The molecule has 2 heterocycles. The van der Waals surface area contributed by atoms with Gasteiger partial charge in [0.05, 0.1) is 11.0 Å². The fourth-order valence-electron chi connectivity index (χ4n) is 3.28. The zero-order chi connectivity index (χ0) is 17.4. The molecule has 1 amide bonds. The molecule has 128 valence electrons. The van der Waals surface area contributed by atoms with Gasteiger partial charge in [0.25, 0.3) is 5.91 Å². The average molecular weight is 352 g/mol. The van der Waals surface area contributed by atoms with Crippen LogP contribution in [0.4, 0.5) is 5.69 Å². The van der Waals surface area contributed by atoms with Crippen molar-refractivity contribution < 1.29 is 9.90 Å². The van der Waals surface area contributed by atoms with Crippen LogP contribution < -0.4 is 10.2 Å². The van der Waals surface area contributed by atoms with Gasteiger partial charge in [0.15, 0.2) is 0 Å². The van der Waals surface area contributed by atoms with Crippen molar-refractivity contribution in [3.8, 4) is 0 Å². The molecular formula is C20H20N2O2S. The highest BCUT2D eigenvalue weighted by Gasteiger charge is 2.18. The molecule has 1 aromatic heterocycles. The van der Waals surface area contributed by atoms with Crippen molar-refractivity contribution >= 4 is 33.0 Å². The smallest absolute Gasteiger partial charge is 0.261 e. The SMILES string of the molecule is CN1CCc2cc(C(O)CNC(=O)c3cc4ccccc4s3)ccc21. The molecule has 1 atom stereocenters. The maximum absolute atomic E-state index is 12.4. The molecule has 1 aliphatic heterocycles. The summed E-state index contributed by atoms with van der Waals surface area (Å²) in [7, 11) is 2.08. The van der Waals surface area contributed by atoms with Gasteiger partial charge in [-0.05, 0) is 41.1 Å². The third-order valence-electron chi connectivity index (χ3n) is 4.72. The number of hydrogen-bond donors (Lipinski definition) is 2. The molecule has 0 saturated carbocycles. The van der Waals surface area contributed by atoms with Gasteiger partial charge < -0.3 is 15.3 Å². The number of carbonyl (C=O) groups excluding carboxylic acids is 1. The summed E-state index contributed by atoms with van der Waals surface area (Å²) in [5.41, 5.74) is 3.34. The van der Waals surface area contributed by atoms with Gasteiger partial charge in [0.2, 0.25) is 0 Å². The molecule has 1 unspecified atom stereocenters. The Morgan fingerprint density at radius 2 is 2.12 bits per heavy atom. The van der Waals surface area contributed by atoms with E-state index in [4.69, 9.17) is 0 Å². The lowest BCUT2D eigenvalue weighted by Crippen LogP contribution is -2.27. The Balaban J connectivity index is 1.43. The molecule has 1 aliphatic rings. The van der Waals surface area contributed by atoms with Crippen molar-refractivity contribution in [1.82, 2.24) is 5.32 Å². The number of aliphatic hydroxyl groups excluding tert-OH is 1. The number of likely N-dealkylation sites (N-methyl/N-ethyl adjacent to an activating group) is 1. The molecule has 4 nitrogen and oxygen atoms in total. The van der Waals surface area contributed by atoms with Crippen LogP contribution >= 0.6 is 11.3 Å². The fourth-order valence-corrected chi connectivity index (χ4v) is 4.26. The number of aliphatic hydroxyl groups is 1. The minimum absolute atomic E-state index is 0.138. The summed E-state index contributed by atoms with van der Waals surface area (Å²) in [6.07, 6.45) is 0.301. The molecule has 25 heavy (non-hydrogen) atoms. The number of thiophene rings is 1. The zero-order valence-electron chi connectivity index (χ0n) is 14.0. The van der Waals surface area contributed by atoms with Crippen LogP contribution in [0.3, 0.4) is 0 Å². The number of anilines is 1. The van der Waals surface area contributed by atoms with E-state index in [1.807, 2.05) is 36.4 Å². The highest BCUT2D eigenvalue weighted by atomic mass is 32.1. The number of nitrogens with zero attached hydrogens (tertiary/aromatic N) is 1. The maximum atomic E-state index is 12.4. The summed E-state index contributed by atoms with van der Waals surface area (Å²) in [6, 6.07) is 15.9. The van der Waals surface area contributed by atoms with Gasteiger partial charge in [-0.3, -0.25) is 4.79 Å². The van der Waals surface area contributed by atoms with E-state index in [2.05, 4.69) is 29.4 Å². The highest BCUT2D eigenvalue weighted by Crippen LogP contribution is 2.29. The molecule has 3 aromatic rings. The zero-order valence-corrected chi connectivity index (χ0v) is 14.8. The molecule has 2 N–H and O–H groups in total. The van der Waals surface area contributed by atoms with Gasteiger partial charge in [-0.1, -0.05) is 30.3 Å². The lowest BCUT2D eigenvalue weighted by Gasteiger charge is -2.15. The Kier molecular flexibility index (Phi) is 4.19. The van der Waals surface area contributed by atoms with Crippen LogP contribution in [0.25, 0.3) is 10.1 Å². The van der Waals surface area contributed by atoms with Crippen molar-refractivity contribution in [3.63, 3.8) is 0 Å². The van der Waals surface area contributed by atoms with Crippen LogP contribution in [0, 0.1) is 0 Å². The number of benzene rings is 2. The summed E-state index contributed by atoms with van der Waals surface area (Å²) < 4.78 is 1.09. The average Bonchev–Trinajstić information content (AvgIpc) is 3.23. The van der Waals surface area contributed by atoms with Crippen molar-refractivity contribution in [1.29, 1.82) is 0 Å². The molecular weight excluding hydrogens is 332 g/mol. The second kappa shape index (κ2) is 6.50. The molecule has 5 heteroatoms. The Labute approximate surface area is 150 Å². The van der Waals surface area contributed by atoms with E-state index >= 15 is 0 Å². The number of nitrogens with one attached hydrogen (secondary N) is 1. The minimum Gasteiger partial charge on any atom is -0.387 e. The lowest BCUT2D eigenvalue weighted by molar-refractivity contribution is 0.0920. The van der Waals surface area contributed by atoms with Gasteiger partial charge >= 0.3 is 0 Å². The molecule has 0 radical (unpaired) electrons. The molecule has 0 fully saturated rings. The predicted molar refractivity (Wildman–Crippen MR) is 103 cm³/mol. The van der Waals surface area contributed by atoms with Gasteiger partial charge in [-0.15, -0.1) is 11.3 Å². The van der Waals surface area contributed by atoms with E-state index < -0.39 is 6.10 Å². The summed E-state index contributed by atoms with van der Waals surface area (Å²) in [6.45, 7) is 1.22. The van der Waals surface area contributed by atoms with Crippen molar-refractivity contribution in [2.75, 3.05) is 25.0 Å². The summed E-state index contributed by atoms with van der Waals surface area (Å²) in [5.74, 6) is -0.138. The van der Waals surface area contributed by atoms with E-state index in [1.165, 1.54) is 22.6 Å². The van der Waals surface area contributed by atoms with Gasteiger partial charge in [-0.25, -0.2) is 0 Å². The van der Waals surface area contributed by atoms with E-state index in [0.29, 0.717) is 4.88 Å². The number of amides is 1. The first-order valence-electron chi connectivity index (χ1n) is 8.40. The first kappa shape index (κ1) is 16.1. The Hall–Kier alpha value is -2.37. The first-order valence-corrected chi connectivity index (χ1v) is 9.22. The number of hydrogen-bond acceptors (Lipinski definition) is 4. The summed E-state index contributed by atoms with van der Waals surface area (Å²) >= 11 is 1.47. The van der Waals surface area contributed by atoms with E-state index in [-0.39, 0.29) is 12.5 Å². The van der Waals surface area contributed by atoms with Crippen LogP contribution in [0.1, 0.15) is 26.9 Å². The van der Waals surface area contributed by atoms with Gasteiger partial charge in [0, 0.05) is 30.5 Å². The molecule has 0 saturated heterocycles. The third kappa shape index (κ3) is 3.13. The van der Waals surface area contributed by atoms with Crippen LogP contribution in [-0.2, 0) is 6.42 Å². The topological polar surface area (TPSA) is 52.6 Å². The van der Waals surface area contributed by atoms with E-state index in [1.54, 1.807) is 0 Å². The van der Waals surface area contributed by atoms with E-state index in [0.717, 1.165) is 28.6 Å². The molecule has 0 spiro atoms. The van der Waals surface area contributed by atoms with E-state index in [9.17, 15) is 9.90 Å². The fraction of sp³-hybridized carbons (Fsp3) is 0.250. The molecule has 0 bridgehead atoms. The minimum atomic E-state index is -0.700. The van der Waals surface area contributed by atoms with Crippen molar-refractivity contribution in [2.24, 2.45) is 0 Å². The largest absolute Gasteiger partial charge is 0.387 e. The molecule has 2 aromatic carbocycles. The Bertz CT molecular complexity index is 901. The van der Waals surface area contributed by atoms with Crippen molar-refractivity contribution in [3.05, 3.63) is 64.5 Å². The van der Waals surface area contributed by atoms with Crippen LogP contribution in [-0.4, -0.2) is 31.2 Å². The van der Waals surface area contributed by atoms with Crippen LogP contribution in [0.5, 0.6) is 0 Å². The summed E-state index contributed by atoms with van der Waals surface area (Å²) in [4.78, 5) is 15.2. The second-order valence-electron chi connectivity index (χ2n) is 6.43. The predicted octanol–water partition coefficient (Wildman–Crippen LogP) is 3.36. The van der Waals surface area contributed by atoms with Gasteiger partial charge in [0.1, 0.15) is 0 Å². The normalized spacial score (nSPS) is 14.6. The first-order chi connectivity index (χ1) is 12.1. The number of rotatable bonds is 4. The van der Waals surface area contributed by atoms with Crippen LogP contribution in [0.2, 0.25) is 0 Å². The highest BCUT2D eigenvalue weighted by molar-refractivity contribution is 7.20. The Morgan fingerprint density at radius 3 is 2.96 bits per heavy atom. The van der Waals surface area contributed by atoms with Crippen LogP contribution in [0.15, 0.2) is 48.5 Å². The van der Waals surface area contributed by atoms with Crippen molar-refractivity contribution in [2.45, 2.75) is 12.5 Å². The molecule has 0 aliphatic carbocycles. The second-order valence-corrected chi connectivity index (χ2v) is 7.52.